The van der Waals surface area contributed by atoms with Gasteiger partial charge in [-0.1, -0.05) is 65.1 Å². The number of nitrogens with zero attached hydrogens (tertiary/aromatic N) is 1. The molecule has 0 saturated heterocycles. The fourth-order valence-corrected chi connectivity index (χ4v) is 1.86. The van der Waals surface area contributed by atoms with Gasteiger partial charge in [-0.2, -0.15) is 0 Å². The minimum absolute atomic E-state index is 0.183. The van der Waals surface area contributed by atoms with Crippen LogP contribution < -0.4 is 0 Å². The lowest BCUT2D eigenvalue weighted by Gasteiger charge is -2.20. The number of carbonyl (C=O) groups is 1. The monoisotopic (exact) mass is 329 g/mol. The zero-order valence-corrected chi connectivity index (χ0v) is 11.6. The van der Waals surface area contributed by atoms with Crippen molar-refractivity contribution in [2.45, 2.75) is 13.5 Å². The van der Waals surface area contributed by atoms with Crippen LogP contribution in [0.1, 0.15) is 12.5 Å². The van der Waals surface area contributed by atoms with Crippen LogP contribution in [0.15, 0.2) is 42.5 Å². The molecule has 1 amide bonds. The maximum absolute atomic E-state index is 11.7. The molecular formula is C13H16INO. The Bertz CT molecular complexity index is 348. The van der Waals surface area contributed by atoms with Crippen LogP contribution in [-0.4, -0.2) is 21.8 Å². The first kappa shape index (κ1) is 13.2. The molecule has 0 aromatic heterocycles. The fraction of sp³-hybridized carbons (Fsp3) is 0.308. The predicted octanol–water partition coefficient (Wildman–Crippen LogP) is 3.03. The molecule has 0 aliphatic rings. The van der Waals surface area contributed by atoms with Gasteiger partial charge in [-0.15, -0.1) is 0 Å². The van der Waals surface area contributed by atoms with Gasteiger partial charge in [0.2, 0.25) is 5.91 Å². The van der Waals surface area contributed by atoms with Crippen molar-refractivity contribution >= 4 is 28.5 Å². The number of rotatable bonds is 5. The van der Waals surface area contributed by atoms with Gasteiger partial charge in [-0.25, -0.2) is 0 Å². The molecule has 86 valence electrons. The molecule has 0 heterocycles. The smallest absolute Gasteiger partial charge is 0.232 e. The van der Waals surface area contributed by atoms with E-state index in [0.29, 0.717) is 17.5 Å². The summed E-state index contributed by atoms with van der Waals surface area (Å²) in [7, 11) is 0. The molecule has 0 aliphatic carbocycles. The highest BCUT2D eigenvalue weighted by Crippen LogP contribution is 2.06. The number of halogens is 1. The Balaban J connectivity index is 2.66. The van der Waals surface area contributed by atoms with Crippen molar-refractivity contribution in [3.63, 3.8) is 0 Å². The Morgan fingerprint density at radius 1 is 1.38 bits per heavy atom. The highest BCUT2D eigenvalue weighted by molar-refractivity contribution is 14.1. The number of carbonyl (C=O) groups excluding carboxylic acids is 1. The van der Waals surface area contributed by atoms with Crippen molar-refractivity contribution in [3.05, 3.63) is 48.0 Å². The van der Waals surface area contributed by atoms with E-state index in [1.165, 1.54) is 5.56 Å². The van der Waals surface area contributed by atoms with E-state index in [9.17, 15) is 4.79 Å². The number of hydrogen-bond acceptors (Lipinski definition) is 1. The van der Waals surface area contributed by atoms with E-state index in [-0.39, 0.29) is 5.91 Å². The summed E-state index contributed by atoms with van der Waals surface area (Å²) in [6.45, 7) is 3.34. The highest BCUT2D eigenvalue weighted by Gasteiger charge is 2.10. The Kier molecular flexibility index (Phi) is 6.15. The molecule has 0 radical (unpaired) electrons. The molecule has 2 nitrogen and oxygen atoms in total. The van der Waals surface area contributed by atoms with Gasteiger partial charge in [0, 0.05) is 13.1 Å². The molecule has 3 heteroatoms. The third-order valence-corrected chi connectivity index (χ3v) is 2.90. The topological polar surface area (TPSA) is 20.3 Å². The fourth-order valence-electron chi connectivity index (χ4n) is 1.38. The Morgan fingerprint density at radius 2 is 2.06 bits per heavy atom. The number of benzene rings is 1. The van der Waals surface area contributed by atoms with Crippen LogP contribution in [-0.2, 0) is 11.3 Å². The second-order valence-electron chi connectivity index (χ2n) is 3.46. The summed E-state index contributed by atoms with van der Waals surface area (Å²) in [5, 5.41) is 0. The molecular weight excluding hydrogens is 313 g/mol. The average Bonchev–Trinajstić information content (AvgIpc) is 2.34. The molecule has 0 bridgehead atoms. The Labute approximate surface area is 110 Å². The lowest BCUT2D eigenvalue weighted by Crippen LogP contribution is -2.31. The average molecular weight is 329 g/mol. The zero-order chi connectivity index (χ0) is 11.8. The van der Waals surface area contributed by atoms with Crippen LogP contribution >= 0.6 is 22.6 Å². The van der Waals surface area contributed by atoms with E-state index in [4.69, 9.17) is 0 Å². The summed E-state index contributed by atoms with van der Waals surface area (Å²) in [6, 6.07) is 10.1. The predicted molar refractivity (Wildman–Crippen MR) is 75.6 cm³/mol. The normalized spacial score (nSPS) is 10.6. The van der Waals surface area contributed by atoms with Crippen molar-refractivity contribution in [2.75, 3.05) is 11.0 Å². The first-order valence-electron chi connectivity index (χ1n) is 5.26. The van der Waals surface area contributed by atoms with Crippen LogP contribution in [0.3, 0.4) is 0 Å². The van der Waals surface area contributed by atoms with E-state index in [0.717, 1.165) is 0 Å². The first-order chi connectivity index (χ1) is 7.77. The van der Waals surface area contributed by atoms with Crippen LogP contribution in [0.5, 0.6) is 0 Å². The van der Waals surface area contributed by atoms with Crippen molar-refractivity contribution in [2.24, 2.45) is 0 Å². The maximum atomic E-state index is 11.7. The second kappa shape index (κ2) is 7.44. The number of amides is 1. The van der Waals surface area contributed by atoms with E-state index < -0.39 is 0 Å². The number of alkyl halides is 1. The van der Waals surface area contributed by atoms with Gasteiger partial charge >= 0.3 is 0 Å². The lowest BCUT2D eigenvalue weighted by atomic mass is 10.2. The third kappa shape index (κ3) is 4.35. The molecule has 16 heavy (non-hydrogen) atoms. The molecule has 0 aliphatic heterocycles. The summed E-state index contributed by atoms with van der Waals surface area (Å²) < 4.78 is 0.530. The minimum atomic E-state index is 0.183. The van der Waals surface area contributed by atoms with Crippen molar-refractivity contribution in [1.82, 2.24) is 4.90 Å². The van der Waals surface area contributed by atoms with Gasteiger partial charge in [0.15, 0.2) is 0 Å². The highest BCUT2D eigenvalue weighted by atomic mass is 127. The van der Waals surface area contributed by atoms with Crippen molar-refractivity contribution < 1.29 is 4.79 Å². The van der Waals surface area contributed by atoms with E-state index in [1.54, 1.807) is 0 Å². The van der Waals surface area contributed by atoms with Crippen LogP contribution in [0.4, 0.5) is 0 Å². The quantitative estimate of drug-likeness (QED) is 0.462. The minimum Gasteiger partial charge on any atom is -0.334 e. The molecule has 0 fully saturated rings. The van der Waals surface area contributed by atoms with Gasteiger partial charge in [-0.3, -0.25) is 4.79 Å². The van der Waals surface area contributed by atoms with E-state index >= 15 is 0 Å². The zero-order valence-electron chi connectivity index (χ0n) is 9.40. The van der Waals surface area contributed by atoms with Gasteiger partial charge in [-0.05, 0) is 12.5 Å². The third-order valence-electron chi connectivity index (χ3n) is 2.24. The lowest BCUT2D eigenvalue weighted by molar-refractivity contribution is -0.128. The Morgan fingerprint density at radius 3 is 2.62 bits per heavy atom. The molecule has 0 unspecified atom stereocenters. The SMILES string of the molecule is C/C=C/CN(Cc1ccccc1)C(=O)CI. The maximum Gasteiger partial charge on any atom is 0.232 e. The van der Waals surface area contributed by atoms with Gasteiger partial charge in [0.1, 0.15) is 0 Å². The van der Waals surface area contributed by atoms with E-state index in [2.05, 4.69) is 22.6 Å². The van der Waals surface area contributed by atoms with Crippen LogP contribution in [0.2, 0.25) is 0 Å². The largest absolute Gasteiger partial charge is 0.334 e. The summed E-state index contributed by atoms with van der Waals surface area (Å²) in [5.74, 6) is 0.183. The second-order valence-corrected chi connectivity index (χ2v) is 4.23. The Hall–Kier alpha value is -0.840. The van der Waals surface area contributed by atoms with Crippen molar-refractivity contribution in [3.8, 4) is 0 Å². The van der Waals surface area contributed by atoms with Gasteiger partial charge < -0.3 is 4.90 Å². The molecule has 1 rings (SSSR count). The van der Waals surface area contributed by atoms with Crippen LogP contribution in [0.25, 0.3) is 0 Å². The number of hydrogen-bond donors (Lipinski definition) is 0. The molecule has 1 aromatic carbocycles. The van der Waals surface area contributed by atoms with Crippen molar-refractivity contribution in [1.29, 1.82) is 0 Å². The molecule has 0 atom stereocenters. The van der Waals surface area contributed by atoms with E-state index in [1.807, 2.05) is 54.3 Å². The summed E-state index contributed by atoms with van der Waals surface area (Å²) >= 11 is 2.11. The number of allylic oxidation sites excluding steroid dienone is 1. The molecule has 0 saturated carbocycles. The standard InChI is InChI=1S/C13H16INO/c1-2-3-9-15(13(16)10-14)11-12-7-5-4-6-8-12/h2-8H,9-11H2,1H3/b3-2+. The van der Waals surface area contributed by atoms with Gasteiger partial charge in [0.05, 0.1) is 4.43 Å². The molecule has 0 N–H and O–H groups in total. The first-order valence-corrected chi connectivity index (χ1v) is 6.79. The molecule has 1 aromatic rings. The summed E-state index contributed by atoms with van der Waals surface area (Å²) in [6.07, 6.45) is 3.98. The van der Waals surface area contributed by atoms with Gasteiger partial charge in [0.25, 0.3) is 0 Å². The molecule has 0 spiro atoms. The summed E-state index contributed by atoms with van der Waals surface area (Å²) in [4.78, 5) is 13.6. The summed E-state index contributed by atoms with van der Waals surface area (Å²) in [5.41, 5.74) is 1.17. The van der Waals surface area contributed by atoms with Crippen LogP contribution in [0, 0.1) is 0 Å².